The molecule has 1 aromatic heterocycles. The summed E-state index contributed by atoms with van der Waals surface area (Å²) in [5, 5.41) is 2.68. The van der Waals surface area contributed by atoms with Gasteiger partial charge in [0.1, 0.15) is 5.82 Å². The standard InChI is InChI=1S/C17H18FN3O3/c1-12-4-5-13(11-14(12)18)19-17(23)21-8-6-20(7-9-21)16(22)15-3-2-10-24-15/h2-5,10-11H,6-9H2,1H3,(H,19,23). The van der Waals surface area contributed by atoms with E-state index in [0.717, 1.165) is 0 Å². The molecule has 0 saturated carbocycles. The molecule has 6 nitrogen and oxygen atoms in total. The predicted octanol–water partition coefficient (Wildman–Crippen LogP) is 2.72. The van der Waals surface area contributed by atoms with Gasteiger partial charge in [-0.2, -0.15) is 0 Å². The van der Waals surface area contributed by atoms with E-state index in [1.54, 1.807) is 41.0 Å². The lowest BCUT2D eigenvalue weighted by molar-refractivity contribution is 0.0640. The molecule has 1 aliphatic rings. The van der Waals surface area contributed by atoms with E-state index < -0.39 is 0 Å². The molecule has 1 aliphatic heterocycles. The Kier molecular flexibility index (Phi) is 4.50. The fraction of sp³-hybridized carbons (Fsp3) is 0.294. The normalized spacial score (nSPS) is 14.6. The van der Waals surface area contributed by atoms with E-state index in [9.17, 15) is 14.0 Å². The lowest BCUT2D eigenvalue weighted by Crippen LogP contribution is -2.51. The summed E-state index contributed by atoms with van der Waals surface area (Å²) in [4.78, 5) is 27.7. The Morgan fingerprint density at radius 3 is 2.46 bits per heavy atom. The molecule has 0 bridgehead atoms. The number of urea groups is 1. The highest BCUT2D eigenvalue weighted by Crippen LogP contribution is 2.15. The summed E-state index contributed by atoms with van der Waals surface area (Å²) in [6.07, 6.45) is 1.46. The van der Waals surface area contributed by atoms with Gasteiger partial charge in [-0.25, -0.2) is 9.18 Å². The van der Waals surface area contributed by atoms with Crippen LogP contribution in [0.4, 0.5) is 14.9 Å². The Labute approximate surface area is 138 Å². The highest BCUT2D eigenvalue weighted by molar-refractivity contribution is 5.92. The van der Waals surface area contributed by atoms with Crippen molar-refractivity contribution in [3.05, 3.63) is 53.7 Å². The molecule has 126 valence electrons. The number of hydrogen-bond acceptors (Lipinski definition) is 3. The first-order chi connectivity index (χ1) is 11.5. The molecule has 1 aromatic carbocycles. The molecule has 0 atom stereocenters. The lowest BCUT2D eigenvalue weighted by atomic mass is 10.2. The fourth-order valence-electron chi connectivity index (χ4n) is 2.54. The quantitative estimate of drug-likeness (QED) is 0.920. The summed E-state index contributed by atoms with van der Waals surface area (Å²) < 4.78 is 18.6. The highest BCUT2D eigenvalue weighted by Gasteiger charge is 2.26. The maximum absolute atomic E-state index is 13.5. The molecule has 2 heterocycles. The molecule has 2 aromatic rings. The van der Waals surface area contributed by atoms with Gasteiger partial charge >= 0.3 is 6.03 Å². The fourth-order valence-corrected chi connectivity index (χ4v) is 2.54. The van der Waals surface area contributed by atoms with Crippen LogP contribution in [0.25, 0.3) is 0 Å². The first-order valence-electron chi connectivity index (χ1n) is 7.69. The Morgan fingerprint density at radius 2 is 1.83 bits per heavy atom. The number of aryl methyl sites for hydroxylation is 1. The van der Waals surface area contributed by atoms with Crippen molar-refractivity contribution in [3.8, 4) is 0 Å². The zero-order valence-electron chi connectivity index (χ0n) is 13.3. The second kappa shape index (κ2) is 6.74. The number of benzene rings is 1. The summed E-state index contributed by atoms with van der Waals surface area (Å²) in [5.74, 6) is -0.245. The van der Waals surface area contributed by atoms with Crippen LogP contribution in [-0.4, -0.2) is 47.9 Å². The number of piperazine rings is 1. The number of nitrogens with one attached hydrogen (secondary N) is 1. The Balaban J connectivity index is 1.55. The van der Waals surface area contributed by atoms with E-state index >= 15 is 0 Å². The molecule has 0 spiro atoms. The SMILES string of the molecule is Cc1ccc(NC(=O)N2CCN(C(=O)c3ccco3)CC2)cc1F. The van der Waals surface area contributed by atoms with E-state index in [1.807, 2.05) is 0 Å². The largest absolute Gasteiger partial charge is 0.459 e. The topological polar surface area (TPSA) is 65.8 Å². The molecule has 1 fully saturated rings. The van der Waals surface area contributed by atoms with Gasteiger partial charge < -0.3 is 19.5 Å². The van der Waals surface area contributed by atoms with Crippen LogP contribution in [0.2, 0.25) is 0 Å². The zero-order chi connectivity index (χ0) is 17.1. The number of carbonyl (C=O) groups excluding carboxylic acids is 2. The van der Waals surface area contributed by atoms with E-state index in [0.29, 0.717) is 43.2 Å². The van der Waals surface area contributed by atoms with Crippen LogP contribution in [-0.2, 0) is 0 Å². The minimum absolute atomic E-state index is 0.180. The van der Waals surface area contributed by atoms with Crippen LogP contribution in [0.15, 0.2) is 41.0 Å². The zero-order valence-corrected chi connectivity index (χ0v) is 13.3. The maximum Gasteiger partial charge on any atom is 0.321 e. The van der Waals surface area contributed by atoms with E-state index in [4.69, 9.17) is 4.42 Å². The van der Waals surface area contributed by atoms with Gasteiger partial charge in [-0.3, -0.25) is 4.79 Å². The average molecular weight is 331 g/mol. The molecule has 0 unspecified atom stereocenters. The summed E-state index contributed by atoms with van der Waals surface area (Å²) in [6, 6.07) is 7.55. The summed E-state index contributed by atoms with van der Waals surface area (Å²) in [7, 11) is 0. The van der Waals surface area contributed by atoms with E-state index in [-0.39, 0.29) is 17.8 Å². The number of amides is 3. The molecule has 1 saturated heterocycles. The van der Waals surface area contributed by atoms with Crippen LogP contribution in [0, 0.1) is 12.7 Å². The number of carbonyl (C=O) groups is 2. The first-order valence-corrected chi connectivity index (χ1v) is 7.69. The summed E-state index contributed by atoms with van der Waals surface area (Å²) in [5.41, 5.74) is 0.940. The number of anilines is 1. The van der Waals surface area contributed by atoms with Gasteiger partial charge in [-0.15, -0.1) is 0 Å². The molecule has 3 rings (SSSR count). The first kappa shape index (κ1) is 16.0. The third-order valence-corrected chi connectivity index (χ3v) is 4.01. The Morgan fingerprint density at radius 1 is 1.12 bits per heavy atom. The van der Waals surface area contributed by atoms with Crippen molar-refractivity contribution in [2.75, 3.05) is 31.5 Å². The molecule has 1 N–H and O–H groups in total. The van der Waals surface area contributed by atoms with Gasteiger partial charge in [0.2, 0.25) is 0 Å². The molecular weight excluding hydrogens is 313 g/mol. The van der Waals surface area contributed by atoms with Crippen LogP contribution in [0.5, 0.6) is 0 Å². The molecule has 0 radical (unpaired) electrons. The predicted molar refractivity (Wildman–Crippen MR) is 86.3 cm³/mol. The summed E-state index contributed by atoms with van der Waals surface area (Å²) in [6.45, 7) is 3.33. The second-order valence-corrected chi connectivity index (χ2v) is 5.65. The van der Waals surface area contributed by atoms with Crippen LogP contribution < -0.4 is 5.32 Å². The smallest absolute Gasteiger partial charge is 0.321 e. The molecule has 24 heavy (non-hydrogen) atoms. The van der Waals surface area contributed by atoms with Gasteiger partial charge in [0.15, 0.2) is 5.76 Å². The number of rotatable bonds is 2. The van der Waals surface area contributed by atoms with Crippen LogP contribution in [0.1, 0.15) is 16.1 Å². The van der Waals surface area contributed by atoms with E-state index in [1.165, 1.54) is 12.3 Å². The van der Waals surface area contributed by atoms with Gasteiger partial charge in [-0.05, 0) is 36.8 Å². The lowest BCUT2D eigenvalue weighted by Gasteiger charge is -2.34. The third kappa shape index (κ3) is 3.40. The average Bonchev–Trinajstić information content (AvgIpc) is 3.12. The number of hydrogen-bond donors (Lipinski definition) is 1. The van der Waals surface area contributed by atoms with Gasteiger partial charge in [0.05, 0.1) is 6.26 Å². The van der Waals surface area contributed by atoms with Crippen molar-refractivity contribution in [1.29, 1.82) is 0 Å². The van der Waals surface area contributed by atoms with Gasteiger partial charge in [0, 0.05) is 31.9 Å². The monoisotopic (exact) mass is 331 g/mol. The van der Waals surface area contributed by atoms with Gasteiger partial charge in [-0.1, -0.05) is 6.07 Å². The molecule has 3 amide bonds. The van der Waals surface area contributed by atoms with Crippen molar-refractivity contribution < 1.29 is 18.4 Å². The number of furan rings is 1. The highest BCUT2D eigenvalue weighted by atomic mass is 19.1. The van der Waals surface area contributed by atoms with Crippen LogP contribution >= 0.6 is 0 Å². The van der Waals surface area contributed by atoms with Crippen molar-refractivity contribution in [2.45, 2.75) is 6.92 Å². The third-order valence-electron chi connectivity index (χ3n) is 4.01. The minimum atomic E-state index is -0.360. The molecule has 7 heteroatoms. The summed E-state index contributed by atoms with van der Waals surface area (Å²) >= 11 is 0. The Bertz CT molecular complexity index is 738. The number of halogens is 1. The second-order valence-electron chi connectivity index (χ2n) is 5.65. The molecule has 0 aliphatic carbocycles. The van der Waals surface area contributed by atoms with Crippen molar-refractivity contribution in [1.82, 2.24) is 9.80 Å². The minimum Gasteiger partial charge on any atom is -0.459 e. The van der Waals surface area contributed by atoms with Gasteiger partial charge in [0.25, 0.3) is 5.91 Å². The van der Waals surface area contributed by atoms with Crippen LogP contribution in [0.3, 0.4) is 0 Å². The Hall–Kier alpha value is -2.83. The van der Waals surface area contributed by atoms with Crippen molar-refractivity contribution in [2.24, 2.45) is 0 Å². The number of nitrogens with zero attached hydrogens (tertiary/aromatic N) is 2. The maximum atomic E-state index is 13.5. The van der Waals surface area contributed by atoms with Crippen molar-refractivity contribution >= 4 is 17.6 Å². The van der Waals surface area contributed by atoms with E-state index in [2.05, 4.69) is 5.32 Å². The molecular formula is C17H18FN3O3. The van der Waals surface area contributed by atoms with Crippen molar-refractivity contribution in [3.63, 3.8) is 0 Å².